The zero-order valence-corrected chi connectivity index (χ0v) is 16.5. The van der Waals surface area contributed by atoms with Gasteiger partial charge in [-0.05, 0) is 48.1 Å². The van der Waals surface area contributed by atoms with Gasteiger partial charge in [0.15, 0.2) is 0 Å². The fourth-order valence-corrected chi connectivity index (χ4v) is 4.16. The molecule has 1 aliphatic rings. The van der Waals surface area contributed by atoms with Crippen LogP contribution in [0.3, 0.4) is 0 Å². The lowest BCUT2D eigenvalue weighted by Crippen LogP contribution is -2.53. The van der Waals surface area contributed by atoms with Gasteiger partial charge in [0.25, 0.3) is 0 Å². The molecule has 1 saturated heterocycles. The van der Waals surface area contributed by atoms with Gasteiger partial charge in [0.1, 0.15) is 5.82 Å². The molecule has 1 aliphatic heterocycles. The van der Waals surface area contributed by atoms with Crippen LogP contribution < -0.4 is 5.32 Å². The number of nitrogens with one attached hydrogen (secondary N) is 1. The molecule has 3 rings (SSSR count). The number of piperidine rings is 1. The number of amides is 2. The topological polar surface area (TPSA) is 49.4 Å². The van der Waals surface area contributed by atoms with Crippen LogP contribution in [-0.2, 0) is 16.0 Å². The summed E-state index contributed by atoms with van der Waals surface area (Å²) >= 11 is 0. The maximum atomic E-state index is 13.6. The molecule has 0 radical (unpaired) electrons. The number of carbonyl (C=O) groups is 2. The summed E-state index contributed by atoms with van der Waals surface area (Å²) in [6.07, 6.45) is 2.54. The average Bonchev–Trinajstić information content (AvgIpc) is 2.72. The Hall–Kier alpha value is -2.69. The summed E-state index contributed by atoms with van der Waals surface area (Å²) in [5, 5.41) is 2.80. The van der Waals surface area contributed by atoms with Crippen molar-refractivity contribution in [2.75, 3.05) is 20.1 Å². The molecule has 1 atom stereocenters. The minimum Gasteiger partial charge on any atom is -0.359 e. The number of likely N-dealkylation sites (tertiary alicyclic amines) is 1. The highest BCUT2D eigenvalue weighted by Gasteiger charge is 2.42. The van der Waals surface area contributed by atoms with Crippen molar-refractivity contribution in [2.24, 2.45) is 5.41 Å². The van der Waals surface area contributed by atoms with Crippen molar-refractivity contribution in [3.63, 3.8) is 0 Å². The quantitative estimate of drug-likeness (QED) is 0.855. The van der Waals surface area contributed by atoms with Crippen molar-refractivity contribution in [3.05, 3.63) is 59.9 Å². The fraction of sp³-hybridized carbons (Fsp3) is 0.391. The predicted octanol–water partition coefficient (Wildman–Crippen LogP) is 3.80. The molecule has 0 aliphatic carbocycles. The summed E-state index contributed by atoms with van der Waals surface area (Å²) < 4.78 is 13.6. The summed E-state index contributed by atoms with van der Waals surface area (Å²) in [6.45, 7) is 2.99. The Morgan fingerprint density at radius 1 is 1.14 bits per heavy atom. The second-order valence-corrected chi connectivity index (χ2v) is 7.52. The van der Waals surface area contributed by atoms with Crippen molar-refractivity contribution in [1.29, 1.82) is 0 Å². The van der Waals surface area contributed by atoms with E-state index in [-0.39, 0.29) is 17.6 Å². The smallest absolute Gasteiger partial charge is 0.228 e. The molecular weight excluding hydrogens is 355 g/mol. The first kappa shape index (κ1) is 20.1. The number of halogens is 1. The number of rotatable bonds is 5. The van der Waals surface area contributed by atoms with Gasteiger partial charge in [-0.3, -0.25) is 9.59 Å². The van der Waals surface area contributed by atoms with Crippen LogP contribution in [0.15, 0.2) is 48.5 Å². The molecule has 2 aromatic rings. The lowest BCUT2D eigenvalue weighted by Gasteiger charge is -2.41. The molecule has 1 heterocycles. The Kier molecular flexibility index (Phi) is 6.12. The van der Waals surface area contributed by atoms with Gasteiger partial charge in [-0.15, -0.1) is 0 Å². The highest BCUT2D eigenvalue weighted by molar-refractivity contribution is 5.85. The number of carbonyl (C=O) groups excluding carboxylic acids is 2. The molecule has 4 nitrogen and oxygen atoms in total. The predicted molar refractivity (Wildman–Crippen MR) is 108 cm³/mol. The molecule has 1 N–H and O–H groups in total. The number of nitrogens with zero attached hydrogens (tertiary/aromatic N) is 1. The van der Waals surface area contributed by atoms with Gasteiger partial charge in [0, 0.05) is 26.6 Å². The van der Waals surface area contributed by atoms with Gasteiger partial charge in [0.2, 0.25) is 11.8 Å². The average molecular weight is 382 g/mol. The summed E-state index contributed by atoms with van der Waals surface area (Å²) in [5.74, 6) is -0.218. The summed E-state index contributed by atoms with van der Waals surface area (Å²) in [4.78, 5) is 26.9. The SMILES string of the molecule is CCC(=O)N1CCC[C@@](Cc2cccc(-c3cccc(F)c3)c2)(C(=O)NC)C1. The van der Waals surface area contributed by atoms with Crippen LogP contribution in [0.5, 0.6) is 0 Å². The van der Waals surface area contributed by atoms with Gasteiger partial charge in [-0.2, -0.15) is 0 Å². The Morgan fingerprint density at radius 2 is 1.86 bits per heavy atom. The molecular formula is C23H27FN2O2. The van der Waals surface area contributed by atoms with Gasteiger partial charge < -0.3 is 10.2 Å². The highest BCUT2D eigenvalue weighted by atomic mass is 19.1. The molecule has 0 saturated carbocycles. The zero-order chi connectivity index (χ0) is 20.1. The standard InChI is InChI=1S/C23H27FN2O2/c1-3-21(27)26-12-6-11-23(16-26,22(28)25-2)15-17-7-4-8-18(13-17)19-9-5-10-20(24)14-19/h4-5,7-10,13-14H,3,6,11-12,15-16H2,1-2H3,(H,25,28)/t23-/m0/s1. The molecule has 0 spiro atoms. The molecule has 148 valence electrons. The van der Waals surface area contributed by atoms with E-state index in [9.17, 15) is 14.0 Å². The maximum Gasteiger partial charge on any atom is 0.228 e. The van der Waals surface area contributed by atoms with Crippen molar-refractivity contribution in [2.45, 2.75) is 32.6 Å². The molecule has 0 unspecified atom stereocenters. The summed E-state index contributed by atoms with van der Waals surface area (Å²) in [7, 11) is 1.65. The van der Waals surface area contributed by atoms with E-state index in [4.69, 9.17) is 0 Å². The largest absolute Gasteiger partial charge is 0.359 e. The normalized spacial score (nSPS) is 19.3. The zero-order valence-electron chi connectivity index (χ0n) is 16.5. The lowest BCUT2D eigenvalue weighted by molar-refractivity contribution is -0.141. The van der Waals surface area contributed by atoms with Crippen molar-refractivity contribution >= 4 is 11.8 Å². The van der Waals surface area contributed by atoms with Crippen LogP contribution in [-0.4, -0.2) is 36.9 Å². The van der Waals surface area contributed by atoms with Crippen LogP contribution in [0.4, 0.5) is 4.39 Å². The minimum atomic E-state index is -0.640. The van der Waals surface area contributed by atoms with Gasteiger partial charge in [-0.25, -0.2) is 4.39 Å². The third kappa shape index (κ3) is 4.24. The Labute approximate surface area is 165 Å². The third-order valence-electron chi connectivity index (χ3n) is 5.57. The van der Waals surface area contributed by atoms with Crippen molar-refractivity contribution < 1.29 is 14.0 Å². The Morgan fingerprint density at radius 3 is 2.54 bits per heavy atom. The number of hydrogen-bond donors (Lipinski definition) is 1. The van der Waals surface area contributed by atoms with E-state index >= 15 is 0 Å². The van der Waals surface area contributed by atoms with Crippen LogP contribution in [0.1, 0.15) is 31.7 Å². The van der Waals surface area contributed by atoms with Crippen LogP contribution in [0.2, 0.25) is 0 Å². The highest BCUT2D eigenvalue weighted by Crippen LogP contribution is 2.35. The fourth-order valence-electron chi connectivity index (χ4n) is 4.16. The van der Waals surface area contributed by atoms with E-state index in [0.717, 1.165) is 29.5 Å². The second-order valence-electron chi connectivity index (χ2n) is 7.52. The van der Waals surface area contributed by atoms with E-state index in [1.165, 1.54) is 12.1 Å². The van der Waals surface area contributed by atoms with E-state index in [0.29, 0.717) is 25.9 Å². The molecule has 5 heteroatoms. The van der Waals surface area contributed by atoms with Crippen molar-refractivity contribution in [1.82, 2.24) is 10.2 Å². The van der Waals surface area contributed by atoms with Crippen LogP contribution >= 0.6 is 0 Å². The first-order chi connectivity index (χ1) is 13.5. The maximum absolute atomic E-state index is 13.6. The molecule has 28 heavy (non-hydrogen) atoms. The minimum absolute atomic E-state index is 0.0303. The summed E-state index contributed by atoms with van der Waals surface area (Å²) in [6, 6.07) is 14.4. The summed E-state index contributed by atoms with van der Waals surface area (Å²) in [5.41, 5.74) is 2.10. The first-order valence-corrected chi connectivity index (χ1v) is 9.82. The van der Waals surface area contributed by atoms with Gasteiger partial charge >= 0.3 is 0 Å². The Bertz CT molecular complexity index is 867. The number of benzene rings is 2. The van der Waals surface area contributed by atoms with Crippen LogP contribution in [0.25, 0.3) is 11.1 Å². The van der Waals surface area contributed by atoms with Gasteiger partial charge in [0.05, 0.1) is 5.41 Å². The van der Waals surface area contributed by atoms with E-state index in [1.54, 1.807) is 13.1 Å². The molecule has 2 aromatic carbocycles. The van der Waals surface area contributed by atoms with Gasteiger partial charge in [-0.1, -0.05) is 43.3 Å². The number of hydrogen-bond acceptors (Lipinski definition) is 2. The van der Waals surface area contributed by atoms with E-state index in [1.807, 2.05) is 42.2 Å². The molecule has 1 fully saturated rings. The molecule has 0 aromatic heterocycles. The lowest BCUT2D eigenvalue weighted by atomic mass is 9.74. The first-order valence-electron chi connectivity index (χ1n) is 9.82. The second kappa shape index (κ2) is 8.55. The molecule has 0 bridgehead atoms. The van der Waals surface area contributed by atoms with E-state index < -0.39 is 5.41 Å². The third-order valence-corrected chi connectivity index (χ3v) is 5.57. The monoisotopic (exact) mass is 382 g/mol. The Balaban J connectivity index is 1.91. The van der Waals surface area contributed by atoms with E-state index in [2.05, 4.69) is 5.32 Å². The molecule has 2 amide bonds. The van der Waals surface area contributed by atoms with Crippen LogP contribution in [0, 0.1) is 11.2 Å². The van der Waals surface area contributed by atoms with Crippen molar-refractivity contribution in [3.8, 4) is 11.1 Å².